The largest absolute Gasteiger partial charge is 0.385 e. The number of morpholine rings is 1. The molecule has 3 atom stereocenters. The van der Waals surface area contributed by atoms with Crippen molar-refractivity contribution in [3.8, 4) is 0 Å². The zero-order valence-corrected chi connectivity index (χ0v) is 21.5. The molecule has 2 aromatic rings. The Labute approximate surface area is 213 Å². The number of methoxy groups -OCH3 is 1. The van der Waals surface area contributed by atoms with Crippen LogP contribution in [0.5, 0.6) is 0 Å². The molecule has 1 aliphatic carbocycles. The number of nitrogens with zero attached hydrogens (tertiary/aromatic N) is 1. The summed E-state index contributed by atoms with van der Waals surface area (Å²) in [6.07, 6.45) is 7.43. The van der Waals surface area contributed by atoms with Crippen LogP contribution in [-0.4, -0.2) is 58.7 Å². The number of nitrogens with two attached hydrogens (primary N) is 1. The Kier molecular flexibility index (Phi) is 9.92. The highest BCUT2D eigenvalue weighted by molar-refractivity contribution is 5.75. The van der Waals surface area contributed by atoms with Gasteiger partial charge in [0.1, 0.15) is 23.6 Å². The van der Waals surface area contributed by atoms with E-state index in [2.05, 4.69) is 5.32 Å². The standard InChI is InChI=1S/C28H41N3O5/c1-34-14-8-15-36-28(21-11-6-3-7-12-21)23-19-31(13-16-35-23)25-24(26(32)27(25)33)30-22(18-29)17-20-9-4-2-5-10-20/h3,6-7,11-12,20,22-23,28,30H,2,4-5,8-10,13-19,29H2,1H3/t22-,23+,28-/m0/s1. The molecule has 0 amide bonds. The van der Waals surface area contributed by atoms with Gasteiger partial charge in [-0.2, -0.15) is 0 Å². The minimum atomic E-state index is -0.439. The summed E-state index contributed by atoms with van der Waals surface area (Å²) in [6.45, 7) is 3.08. The lowest BCUT2D eigenvalue weighted by Gasteiger charge is -2.39. The second kappa shape index (κ2) is 13.3. The van der Waals surface area contributed by atoms with E-state index in [0.717, 1.165) is 18.4 Å². The Balaban J connectivity index is 1.46. The van der Waals surface area contributed by atoms with Gasteiger partial charge in [-0.05, 0) is 24.3 Å². The van der Waals surface area contributed by atoms with Gasteiger partial charge in [0.25, 0.3) is 10.9 Å². The number of ether oxygens (including phenoxy) is 3. The molecule has 2 aromatic carbocycles. The summed E-state index contributed by atoms with van der Waals surface area (Å²) in [4.78, 5) is 27.3. The molecule has 8 heteroatoms. The molecular formula is C28H41N3O5. The Bertz CT molecular complexity index is 1000. The molecule has 1 saturated carbocycles. The quantitative estimate of drug-likeness (QED) is 0.320. The highest BCUT2D eigenvalue weighted by Gasteiger charge is 2.35. The minimum absolute atomic E-state index is 0.00632. The van der Waals surface area contributed by atoms with Gasteiger partial charge in [-0.3, -0.25) is 9.59 Å². The fourth-order valence-corrected chi connectivity index (χ4v) is 5.59. The summed E-state index contributed by atoms with van der Waals surface area (Å²) >= 11 is 0. The molecule has 0 bridgehead atoms. The third kappa shape index (κ3) is 6.54. The SMILES string of the molecule is COCCCO[C@@H](c1ccccc1)[C@H]1CN(c2c(N[C@H](CN)CC3CCCCC3)c(=O)c2=O)CCO1. The van der Waals surface area contributed by atoms with Crippen LogP contribution in [0.15, 0.2) is 39.9 Å². The average molecular weight is 500 g/mol. The van der Waals surface area contributed by atoms with E-state index in [4.69, 9.17) is 19.9 Å². The van der Waals surface area contributed by atoms with Gasteiger partial charge in [-0.1, -0.05) is 62.4 Å². The van der Waals surface area contributed by atoms with E-state index in [1.54, 1.807) is 7.11 Å². The van der Waals surface area contributed by atoms with E-state index < -0.39 is 10.9 Å². The van der Waals surface area contributed by atoms with Crippen LogP contribution in [-0.2, 0) is 14.2 Å². The molecule has 1 saturated heterocycles. The van der Waals surface area contributed by atoms with E-state index in [1.165, 1.54) is 32.1 Å². The summed E-state index contributed by atoms with van der Waals surface area (Å²) in [5, 5.41) is 3.36. The fourth-order valence-electron chi connectivity index (χ4n) is 5.59. The summed E-state index contributed by atoms with van der Waals surface area (Å²) < 4.78 is 17.6. The average Bonchev–Trinajstić information content (AvgIpc) is 2.93. The second-order valence-electron chi connectivity index (χ2n) is 10.1. The molecule has 1 heterocycles. The molecule has 2 aliphatic rings. The predicted molar refractivity (Wildman–Crippen MR) is 143 cm³/mol. The summed E-state index contributed by atoms with van der Waals surface area (Å²) in [5.41, 5.74) is 7.13. The van der Waals surface area contributed by atoms with Crippen LogP contribution in [0.25, 0.3) is 0 Å². The van der Waals surface area contributed by atoms with E-state index >= 15 is 0 Å². The predicted octanol–water partition coefficient (Wildman–Crippen LogP) is 2.99. The van der Waals surface area contributed by atoms with Crippen LogP contribution >= 0.6 is 0 Å². The molecule has 36 heavy (non-hydrogen) atoms. The lowest BCUT2D eigenvalue weighted by Crippen LogP contribution is -2.52. The van der Waals surface area contributed by atoms with Crippen molar-refractivity contribution >= 4 is 11.4 Å². The van der Waals surface area contributed by atoms with Crippen molar-refractivity contribution < 1.29 is 14.2 Å². The van der Waals surface area contributed by atoms with Crippen molar-refractivity contribution in [3.05, 3.63) is 56.3 Å². The third-order valence-corrected chi connectivity index (χ3v) is 7.53. The third-order valence-electron chi connectivity index (χ3n) is 7.53. The number of anilines is 2. The van der Waals surface area contributed by atoms with Crippen LogP contribution in [0.4, 0.5) is 11.4 Å². The lowest BCUT2D eigenvalue weighted by atomic mass is 9.84. The van der Waals surface area contributed by atoms with Crippen LogP contribution in [0.2, 0.25) is 0 Å². The van der Waals surface area contributed by atoms with Crippen LogP contribution in [0.3, 0.4) is 0 Å². The van der Waals surface area contributed by atoms with E-state index in [-0.39, 0.29) is 18.2 Å². The van der Waals surface area contributed by atoms with Crippen molar-refractivity contribution in [2.45, 2.75) is 63.2 Å². The Morgan fingerprint density at radius 1 is 1.11 bits per heavy atom. The molecule has 2 fully saturated rings. The number of hydrogen-bond donors (Lipinski definition) is 2. The van der Waals surface area contributed by atoms with Gasteiger partial charge in [0.15, 0.2) is 0 Å². The maximum Gasteiger partial charge on any atom is 0.253 e. The van der Waals surface area contributed by atoms with E-state index in [0.29, 0.717) is 56.7 Å². The van der Waals surface area contributed by atoms with Gasteiger partial charge in [0, 0.05) is 46.0 Å². The molecule has 0 radical (unpaired) electrons. The van der Waals surface area contributed by atoms with Gasteiger partial charge < -0.3 is 30.2 Å². The molecule has 8 nitrogen and oxygen atoms in total. The zero-order valence-electron chi connectivity index (χ0n) is 21.5. The minimum Gasteiger partial charge on any atom is -0.385 e. The highest BCUT2D eigenvalue weighted by atomic mass is 16.5. The van der Waals surface area contributed by atoms with Gasteiger partial charge in [0.2, 0.25) is 0 Å². The maximum absolute atomic E-state index is 12.7. The topological polar surface area (TPSA) is 103 Å². The van der Waals surface area contributed by atoms with Gasteiger partial charge in [0.05, 0.1) is 6.61 Å². The fraction of sp³-hybridized carbons (Fsp3) is 0.643. The number of nitrogens with one attached hydrogen (secondary N) is 1. The summed E-state index contributed by atoms with van der Waals surface area (Å²) in [6, 6.07) is 10.0. The first-order valence-electron chi connectivity index (χ1n) is 13.4. The molecule has 3 N–H and O–H groups in total. The van der Waals surface area contributed by atoms with Crippen molar-refractivity contribution in [1.82, 2.24) is 0 Å². The molecule has 1 aliphatic heterocycles. The molecule has 0 spiro atoms. The van der Waals surface area contributed by atoms with Crippen LogP contribution in [0, 0.1) is 5.92 Å². The van der Waals surface area contributed by atoms with Crippen LogP contribution in [0.1, 0.15) is 56.6 Å². The molecule has 0 aromatic heterocycles. The van der Waals surface area contributed by atoms with Crippen LogP contribution < -0.4 is 26.8 Å². The van der Waals surface area contributed by atoms with Crippen molar-refractivity contribution in [2.75, 3.05) is 56.8 Å². The Hall–Kier alpha value is -2.26. The van der Waals surface area contributed by atoms with Gasteiger partial charge in [-0.25, -0.2) is 0 Å². The van der Waals surface area contributed by atoms with E-state index in [1.807, 2.05) is 35.2 Å². The number of benzene rings is 1. The summed E-state index contributed by atoms with van der Waals surface area (Å²) in [5.74, 6) is 0.629. The van der Waals surface area contributed by atoms with Crippen molar-refractivity contribution in [1.29, 1.82) is 0 Å². The first kappa shape index (κ1) is 26.8. The second-order valence-corrected chi connectivity index (χ2v) is 10.1. The van der Waals surface area contributed by atoms with E-state index in [9.17, 15) is 9.59 Å². The molecular weight excluding hydrogens is 458 g/mol. The van der Waals surface area contributed by atoms with Gasteiger partial charge >= 0.3 is 0 Å². The van der Waals surface area contributed by atoms with Crippen molar-refractivity contribution in [3.63, 3.8) is 0 Å². The number of hydrogen-bond acceptors (Lipinski definition) is 8. The first-order chi connectivity index (χ1) is 17.6. The lowest BCUT2D eigenvalue weighted by molar-refractivity contribution is -0.0829. The summed E-state index contributed by atoms with van der Waals surface area (Å²) in [7, 11) is 1.68. The van der Waals surface area contributed by atoms with Gasteiger partial charge in [-0.15, -0.1) is 0 Å². The number of rotatable bonds is 13. The molecule has 4 rings (SSSR count). The Morgan fingerprint density at radius 3 is 2.61 bits per heavy atom. The first-order valence-corrected chi connectivity index (χ1v) is 13.4. The smallest absolute Gasteiger partial charge is 0.253 e. The molecule has 198 valence electrons. The maximum atomic E-state index is 12.7. The Morgan fingerprint density at radius 2 is 1.89 bits per heavy atom. The van der Waals surface area contributed by atoms with Crippen molar-refractivity contribution in [2.24, 2.45) is 11.7 Å². The molecule has 0 unspecified atom stereocenters. The zero-order chi connectivity index (χ0) is 25.3. The monoisotopic (exact) mass is 499 g/mol. The highest BCUT2D eigenvalue weighted by Crippen LogP contribution is 2.32. The normalized spacial score (nSPS) is 20.9.